The highest BCUT2D eigenvalue weighted by Crippen LogP contribution is 2.47. The zero-order valence-electron chi connectivity index (χ0n) is 16.6. The molecule has 5 nitrogen and oxygen atoms in total. The quantitative estimate of drug-likeness (QED) is 0.554. The molecule has 32 heavy (non-hydrogen) atoms. The largest absolute Gasteiger partial charge is 0.416 e. The lowest BCUT2D eigenvalue weighted by molar-refractivity contribution is -0.137. The van der Waals surface area contributed by atoms with Crippen molar-refractivity contribution in [3.63, 3.8) is 0 Å². The number of benzene rings is 3. The van der Waals surface area contributed by atoms with Gasteiger partial charge in [-0.05, 0) is 42.0 Å². The van der Waals surface area contributed by atoms with Crippen molar-refractivity contribution in [2.24, 2.45) is 5.92 Å². The summed E-state index contributed by atoms with van der Waals surface area (Å²) in [7, 11) is 0. The van der Waals surface area contributed by atoms with Gasteiger partial charge in [0, 0.05) is 0 Å². The molecule has 3 atom stereocenters. The van der Waals surface area contributed by atoms with Crippen LogP contribution in [0.25, 0.3) is 0 Å². The van der Waals surface area contributed by atoms with Crippen LogP contribution in [0.1, 0.15) is 17.2 Å². The standard InChI is InChI=1S/C24H17F3N2O3/c25-24(26,27)16-11-13-17(14-12-16)28-22(30)19-20(15-7-3-1-4-8-15)29(32-21(19)23(28)31)18-9-5-2-6-10-18/h1-14,19-21H/t19-,20-,21-/m0/s1. The van der Waals surface area contributed by atoms with Crippen LogP contribution in [0.5, 0.6) is 0 Å². The molecule has 3 aromatic rings. The van der Waals surface area contributed by atoms with Crippen molar-refractivity contribution >= 4 is 23.2 Å². The first-order chi connectivity index (χ1) is 15.4. The number of hydroxylamine groups is 1. The summed E-state index contributed by atoms with van der Waals surface area (Å²) in [5, 5.41) is 1.57. The Balaban J connectivity index is 1.53. The lowest BCUT2D eigenvalue weighted by Gasteiger charge is -2.28. The normalized spacial score (nSPS) is 23.0. The van der Waals surface area contributed by atoms with Gasteiger partial charge in [0.05, 0.1) is 23.0 Å². The Morgan fingerprint density at radius 2 is 1.31 bits per heavy atom. The lowest BCUT2D eigenvalue weighted by Crippen LogP contribution is -2.37. The second kappa shape index (κ2) is 7.49. The van der Waals surface area contributed by atoms with Crippen LogP contribution in [0.3, 0.4) is 0 Å². The highest BCUT2D eigenvalue weighted by Gasteiger charge is 2.60. The molecule has 2 fully saturated rings. The number of carbonyl (C=O) groups excluding carboxylic acids is 2. The topological polar surface area (TPSA) is 49.9 Å². The van der Waals surface area contributed by atoms with E-state index in [0.29, 0.717) is 5.69 Å². The average molecular weight is 438 g/mol. The van der Waals surface area contributed by atoms with E-state index < -0.39 is 41.6 Å². The maximum absolute atomic E-state index is 13.4. The van der Waals surface area contributed by atoms with Gasteiger partial charge >= 0.3 is 6.18 Å². The van der Waals surface area contributed by atoms with E-state index in [9.17, 15) is 22.8 Å². The number of hydrogen-bond donors (Lipinski definition) is 0. The summed E-state index contributed by atoms with van der Waals surface area (Å²) in [6, 6.07) is 21.8. The van der Waals surface area contributed by atoms with Gasteiger partial charge in [-0.15, -0.1) is 0 Å². The first-order valence-corrected chi connectivity index (χ1v) is 9.97. The van der Waals surface area contributed by atoms with Gasteiger partial charge in [-0.3, -0.25) is 14.4 Å². The van der Waals surface area contributed by atoms with Gasteiger partial charge in [0.15, 0.2) is 6.10 Å². The smallest absolute Gasteiger partial charge is 0.273 e. The fourth-order valence-electron chi connectivity index (χ4n) is 4.26. The number of halogens is 3. The van der Waals surface area contributed by atoms with Gasteiger partial charge in [-0.2, -0.15) is 13.2 Å². The summed E-state index contributed by atoms with van der Waals surface area (Å²) in [6.07, 6.45) is -5.58. The number of rotatable bonds is 3. The van der Waals surface area contributed by atoms with Gasteiger partial charge in [0.1, 0.15) is 5.92 Å². The van der Waals surface area contributed by atoms with Crippen molar-refractivity contribution < 1.29 is 27.6 Å². The third kappa shape index (κ3) is 3.23. The predicted octanol–water partition coefficient (Wildman–Crippen LogP) is 4.76. The molecule has 2 amide bonds. The van der Waals surface area contributed by atoms with E-state index in [2.05, 4.69) is 0 Å². The fraction of sp³-hybridized carbons (Fsp3) is 0.167. The number of anilines is 2. The van der Waals surface area contributed by atoms with E-state index in [1.807, 2.05) is 60.7 Å². The van der Waals surface area contributed by atoms with E-state index in [4.69, 9.17) is 4.84 Å². The number of amides is 2. The third-order valence-corrected chi connectivity index (χ3v) is 5.72. The van der Waals surface area contributed by atoms with Crippen molar-refractivity contribution in [3.8, 4) is 0 Å². The number of carbonyl (C=O) groups is 2. The Bertz CT molecular complexity index is 1150. The number of imide groups is 1. The van der Waals surface area contributed by atoms with Crippen molar-refractivity contribution in [1.82, 2.24) is 0 Å². The van der Waals surface area contributed by atoms with E-state index >= 15 is 0 Å². The molecule has 0 aliphatic carbocycles. The van der Waals surface area contributed by atoms with Gasteiger partial charge in [0.25, 0.3) is 5.91 Å². The van der Waals surface area contributed by atoms with Gasteiger partial charge in [-0.1, -0.05) is 48.5 Å². The molecule has 0 bridgehead atoms. The summed E-state index contributed by atoms with van der Waals surface area (Å²) in [6.45, 7) is 0. The molecular formula is C24H17F3N2O3. The minimum Gasteiger partial charge on any atom is -0.273 e. The maximum atomic E-state index is 13.4. The highest BCUT2D eigenvalue weighted by atomic mass is 19.4. The molecule has 0 N–H and O–H groups in total. The Morgan fingerprint density at radius 1 is 0.719 bits per heavy atom. The van der Waals surface area contributed by atoms with Crippen LogP contribution < -0.4 is 9.96 Å². The van der Waals surface area contributed by atoms with E-state index in [-0.39, 0.29) is 5.69 Å². The van der Waals surface area contributed by atoms with Crippen molar-refractivity contribution in [2.75, 3.05) is 9.96 Å². The first-order valence-electron chi connectivity index (χ1n) is 9.97. The zero-order valence-corrected chi connectivity index (χ0v) is 16.6. The number of nitrogens with zero attached hydrogens (tertiary/aromatic N) is 2. The Hall–Kier alpha value is -3.65. The third-order valence-electron chi connectivity index (χ3n) is 5.72. The van der Waals surface area contributed by atoms with Crippen LogP contribution in [-0.2, 0) is 20.6 Å². The van der Waals surface area contributed by atoms with E-state index in [1.54, 1.807) is 5.06 Å². The molecule has 2 heterocycles. The zero-order chi connectivity index (χ0) is 22.5. The molecule has 0 spiro atoms. The average Bonchev–Trinajstić information content (AvgIpc) is 3.31. The summed E-state index contributed by atoms with van der Waals surface area (Å²) in [4.78, 5) is 33.5. The highest BCUT2D eigenvalue weighted by molar-refractivity contribution is 6.23. The molecule has 0 aromatic heterocycles. The number of para-hydroxylation sites is 1. The van der Waals surface area contributed by atoms with Crippen molar-refractivity contribution in [2.45, 2.75) is 18.3 Å². The summed E-state index contributed by atoms with van der Waals surface area (Å²) in [5.74, 6) is -1.95. The lowest BCUT2D eigenvalue weighted by atomic mass is 9.90. The van der Waals surface area contributed by atoms with E-state index in [0.717, 1.165) is 34.7 Å². The van der Waals surface area contributed by atoms with Crippen LogP contribution in [0.15, 0.2) is 84.9 Å². The summed E-state index contributed by atoms with van der Waals surface area (Å²) < 4.78 is 38.7. The molecule has 0 unspecified atom stereocenters. The minimum atomic E-state index is -4.51. The molecule has 0 radical (unpaired) electrons. The second-order valence-corrected chi connectivity index (χ2v) is 7.63. The van der Waals surface area contributed by atoms with Crippen molar-refractivity contribution in [3.05, 3.63) is 96.1 Å². The van der Waals surface area contributed by atoms with Crippen LogP contribution in [0.2, 0.25) is 0 Å². The van der Waals surface area contributed by atoms with E-state index in [1.165, 1.54) is 0 Å². The molecule has 8 heteroatoms. The number of hydrogen-bond acceptors (Lipinski definition) is 4. The molecule has 0 saturated carbocycles. The van der Waals surface area contributed by atoms with Gasteiger partial charge < -0.3 is 0 Å². The van der Waals surface area contributed by atoms with Gasteiger partial charge in [0.2, 0.25) is 5.91 Å². The minimum absolute atomic E-state index is 0.0871. The molecule has 5 rings (SSSR count). The first kappa shape index (κ1) is 20.3. The SMILES string of the molecule is O=C1[C@@H]2[C@H](ON(c3ccccc3)[C@H]2c2ccccc2)C(=O)N1c1ccc(C(F)(F)F)cc1. The van der Waals surface area contributed by atoms with Crippen LogP contribution in [-0.4, -0.2) is 17.9 Å². The predicted molar refractivity (Wildman–Crippen MR) is 110 cm³/mol. The summed E-state index contributed by atoms with van der Waals surface area (Å²) >= 11 is 0. The van der Waals surface area contributed by atoms with Gasteiger partial charge in [-0.25, -0.2) is 9.96 Å². The molecule has 3 aromatic carbocycles. The molecule has 2 aliphatic heterocycles. The Kier molecular flexibility index (Phi) is 4.74. The second-order valence-electron chi connectivity index (χ2n) is 7.63. The van der Waals surface area contributed by atoms with Crippen LogP contribution in [0, 0.1) is 5.92 Å². The van der Waals surface area contributed by atoms with Crippen LogP contribution in [0.4, 0.5) is 24.5 Å². The number of alkyl halides is 3. The molecule has 162 valence electrons. The van der Waals surface area contributed by atoms with Crippen LogP contribution >= 0.6 is 0 Å². The maximum Gasteiger partial charge on any atom is 0.416 e. The Labute approximate surface area is 181 Å². The molecule has 2 saturated heterocycles. The molecule has 2 aliphatic rings. The Morgan fingerprint density at radius 3 is 1.91 bits per heavy atom. The fourth-order valence-corrected chi connectivity index (χ4v) is 4.26. The summed E-state index contributed by atoms with van der Waals surface area (Å²) in [5.41, 5.74) is 0.718. The monoisotopic (exact) mass is 438 g/mol. The molecular weight excluding hydrogens is 421 g/mol. The van der Waals surface area contributed by atoms with Crippen molar-refractivity contribution in [1.29, 1.82) is 0 Å². The number of fused-ring (bicyclic) bond motifs is 1.